The minimum absolute atomic E-state index is 0.204. The minimum Gasteiger partial charge on any atom is -0.505 e. The fourth-order valence-electron chi connectivity index (χ4n) is 1.34. The SMILES string of the molecule is Cc1ccc(-c2cnc(N)cn2)c(F)c1O. The lowest BCUT2D eigenvalue weighted by Crippen LogP contribution is -1.94. The van der Waals surface area contributed by atoms with Crippen molar-refractivity contribution in [2.24, 2.45) is 0 Å². The van der Waals surface area contributed by atoms with E-state index in [1.807, 2.05) is 0 Å². The van der Waals surface area contributed by atoms with E-state index in [0.717, 1.165) is 0 Å². The molecule has 1 aromatic heterocycles. The Balaban J connectivity index is 2.57. The van der Waals surface area contributed by atoms with Gasteiger partial charge in [0.05, 0.1) is 18.1 Å². The van der Waals surface area contributed by atoms with Gasteiger partial charge in [-0.2, -0.15) is 0 Å². The number of benzene rings is 1. The summed E-state index contributed by atoms with van der Waals surface area (Å²) in [6.45, 7) is 1.62. The lowest BCUT2D eigenvalue weighted by Gasteiger charge is -2.06. The van der Waals surface area contributed by atoms with Gasteiger partial charge in [-0.1, -0.05) is 6.07 Å². The highest BCUT2D eigenvalue weighted by Gasteiger charge is 2.12. The van der Waals surface area contributed by atoms with E-state index in [1.165, 1.54) is 12.4 Å². The fraction of sp³-hybridized carbons (Fsp3) is 0.0909. The summed E-state index contributed by atoms with van der Waals surface area (Å²) in [6.07, 6.45) is 2.70. The molecule has 82 valence electrons. The van der Waals surface area contributed by atoms with Gasteiger partial charge in [-0.15, -0.1) is 0 Å². The van der Waals surface area contributed by atoms with Gasteiger partial charge in [-0.05, 0) is 18.6 Å². The van der Waals surface area contributed by atoms with Crippen LogP contribution in [0.25, 0.3) is 11.3 Å². The van der Waals surface area contributed by atoms with Crippen molar-refractivity contribution in [2.75, 3.05) is 5.73 Å². The molecule has 16 heavy (non-hydrogen) atoms. The van der Waals surface area contributed by atoms with Crippen LogP contribution in [0.4, 0.5) is 10.2 Å². The Morgan fingerprint density at radius 1 is 1.25 bits per heavy atom. The zero-order valence-corrected chi connectivity index (χ0v) is 8.61. The summed E-state index contributed by atoms with van der Waals surface area (Å²) in [4.78, 5) is 7.76. The standard InChI is InChI=1S/C11H10FN3O/c1-6-2-3-7(10(12)11(6)16)8-4-15-9(13)5-14-8/h2-5,16H,1H3,(H2,13,15). The zero-order valence-electron chi connectivity index (χ0n) is 8.61. The second kappa shape index (κ2) is 3.77. The van der Waals surface area contributed by atoms with Crippen LogP contribution in [-0.4, -0.2) is 15.1 Å². The fourth-order valence-corrected chi connectivity index (χ4v) is 1.34. The largest absolute Gasteiger partial charge is 0.505 e. The Morgan fingerprint density at radius 2 is 2.00 bits per heavy atom. The van der Waals surface area contributed by atoms with Crippen LogP contribution in [0, 0.1) is 12.7 Å². The smallest absolute Gasteiger partial charge is 0.174 e. The summed E-state index contributed by atoms with van der Waals surface area (Å²) in [5.41, 5.74) is 6.40. The Bertz CT molecular complexity index is 525. The monoisotopic (exact) mass is 219 g/mol. The molecule has 0 bridgehead atoms. The maximum atomic E-state index is 13.7. The van der Waals surface area contributed by atoms with Gasteiger partial charge in [0.25, 0.3) is 0 Å². The molecule has 3 N–H and O–H groups in total. The second-order valence-electron chi connectivity index (χ2n) is 3.42. The molecule has 5 heteroatoms. The number of hydrogen-bond acceptors (Lipinski definition) is 4. The Kier molecular flexibility index (Phi) is 2.44. The molecule has 0 atom stereocenters. The molecular formula is C11H10FN3O. The first-order chi connectivity index (χ1) is 7.59. The zero-order chi connectivity index (χ0) is 11.7. The van der Waals surface area contributed by atoms with Crippen LogP contribution >= 0.6 is 0 Å². The van der Waals surface area contributed by atoms with E-state index in [1.54, 1.807) is 19.1 Å². The molecule has 0 aliphatic heterocycles. The van der Waals surface area contributed by atoms with Crippen molar-refractivity contribution >= 4 is 5.82 Å². The molecule has 0 unspecified atom stereocenters. The van der Waals surface area contributed by atoms with Crippen molar-refractivity contribution in [2.45, 2.75) is 6.92 Å². The van der Waals surface area contributed by atoms with Crippen LogP contribution in [0.1, 0.15) is 5.56 Å². The predicted octanol–water partition coefficient (Wildman–Crippen LogP) is 1.88. The molecule has 0 saturated heterocycles. The van der Waals surface area contributed by atoms with Crippen molar-refractivity contribution in [3.8, 4) is 17.0 Å². The summed E-state index contributed by atoms with van der Waals surface area (Å²) in [5, 5.41) is 9.46. The van der Waals surface area contributed by atoms with E-state index in [-0.39, 0.29) is 17.1 Å². The Morgan fingerprint density at radius 3 is 2.62 bits per heavy atom. The third-order valence-electron chi connectivity index (χ3n) is 2.27. The summed E-state index contributed by atoms with van der Waals surface area (Å²) in [5.74, 6) is -0.796. The number of nitrogens with zero attached hydrogens (tertiary/aromatic N) is 2. The number of nitrogen functional groups attached to an aromatic ring is 1. The van der Waals surface area contributed by atoms with Gasteiger partial charge in [0.15, 0.2) is 11.6 Å². The van der Waals surface area contributed by atoms with E-state index < -0.39 is 5.82 Å². The highest BCUT2D eigenvalue weighted by atomic mass is 19.1. The first kappa shape index (κ1) is 10.4. The number of nitrogens with two attached hydrogens (primary N) is 1. The summed E-state index contributed by atoms with van der Waals surface area (Å²) < 4.78 is 13.7. The topological polar surface area (TPSA) is 72.0 Å². The lowest BCUT2D eigenvalue weighted by molar-refractivity contribution is 0.429. The number of halogens is 1. The number of phenols is 1. The first-order valence-corrected chi connectivity index (χ1v) is 4.65. The maximum absolute atomic E-state index is 13.7. The molecule has 0 aliphatic rings. The molecule has 2 aromatic rings. The molecule has 0 aliphatic carbocycles. The number of aromatic hydroxyl groups is 1. The predicted molar refractivity (Wildman–Crippen MR) is 58.2 cm³/mol. The minimum atomic E-state index is -0.695. The highest BCUT2D eigenvalue weighted by Crippen LogP contribution is 2.29. The van der Waals surface area contributed by atoms with E-state index in [2.05, 4.69) is 9.97 Å². The Hall–Kier alpha value is -2.17. The average molecular weight is 219 g/mol. The van der Waals surface area contributed by atoms with Crippen molar-refractivity contribution in [3.63, 3.8) is 0 Å². The number of aromatic nitrogens is 2. The summed E-state index contributed by atoms with van der Waals surface area (Å²) in [7, 11) is 0. The Labute approximate surface area is 91.6 Å². The maximum Gasteiger partial charge on any atom is 0.174 e. The van der Waals surface area contributed by atoms with Gasteiger partial charge in [0.2, 0.25) is 0 Å². The van der Waals surface area contributed by atoms with Gasteiger partial charge in [0, 0.05) is 5.56 Å². The van der Waals surface area contributed by atoms with Gasteiger partial charge >= 0.3 is 0 Å². The number of hydrogen-bond donors (Lipinski definition) is 2. The van der Waals surface area contributed by atoms with Gasteiger partial charge in [-0.3, -0.25) is 4.98 Å². The van der Waals surface area contributed by atoms with Crippen LogP contribution in [-0.2, 0) is 0 Å². The van der Waals surface area contributed by atoms with Crippen LogP contribution in [0.3, 0.4) is 0 Å². The molecule has 1 aromatic carbocycles. The number of phenolic OH excluding ortho intramolecular Hbond substituents is 1. The summed E-state index contributed by atoms with van der Waals surface area (Å²) >= 11 is 0. The molecule has 0 saturated carbocycles. The van der Waals surface area contributed by atoms with Crippen molar-refractivity contribution in [1.82, 2.24) is 9.97 Å². The van der Waals surface area contributed by atoms with Crippen LogP contribution in [0.15, 0.2) is 24.5 Å². The molecule has 0 spiro atoms. The number of anilines is 1. The average Bonchev–Trinajstić information content (AvgIpc) is 2.28. The normalized spacial score (nSPS) is 10.4. The first-order valence-electron chi connectivity index (χ1n) is 4.65. The molecule has 0 amide bonds. The molecule has 4 nitrogen and oxygen atoms in total. The van der Waals surface area contributed by atoms with E-state index in [4.69, 9.17) is 5.73 Å². The quantitative estimate of drug-likeness (QED) is 0.768. The number of aryl methyl sites for hydroxylation is 1. The third-order valence-corrected chi connectivity index (χ3v) is 2.27. The lowest BCUT2D eigenvalue weighted by atomic mass is 10.1. The van der Waals surface area contributed by atoms with Gasteiger partial charge in [0.1, 0.15) is 5.82 Å². The van der Waals surface area contributed by atoms with Crippen molar-refractivity contribution in [1.29, 1.82) is 0 Å². The number of rotatable bonds is 1. The van der Waals surface area contributed by atoms with Crippen LogP contribution < -0.4 is 5.73 Å². The van der Waals surface area contributed by atoms with E-state index in [9.17, 15) is 9.50 Å². The second-order valence-corrected chi connectivity index (χ2v) is 3.42. The van der Waals surface area contributed by atoms with Crippen LogP contribution in [0.5, 0.6) is 5.75 Å². The highest BCUT2D eigenvalue weighted by molar-refractivity contribution is 5.63. The van der Waals surface area contributed by atoms with Crippen molar-refractivity contribution < 1.29 is 9.50 Å². The molecule has 1 heterocycles. The van der Waals surface area contributed by atoms with Crippen LogP contribution in [0.2, 0.25) is 0 Å². The molecular weight excluding hydrogens is 209 g/mol. The van der Waals surface area contributed by atoms with Crippen molar-refractivity contribution in [3.05, 3.63) is 35.9 Å². The van der Waals surface area contributed by atoms with Gasteiger partial charge in [-0.25, -0.2) is 9.37 Å². The summed E-state index contributed by atoms with van der Waals surface area (Å²) in [6, 6.07) is 3.16. The van der Waals surface area contributed by atoms with E-state index in [0.29, 0.717) is 11.3 Å². The molecule has 0 fully saturated rings. The third kappa shape index (κ3) is 1.67. The van der Waals surface area contributed by atoms with Gasteiger partial charge < -0.3 is 10.8 Å². The molecule has 2 rings (SSSR count). The molecule has 0 radical (unpaired) electrons. The van der Waals surface area contributed by atoms with E-state index >= 15 is 0 Å².